The molecule has 0 aromatic carbocycles. The summed E-state index contributed by atoms with van der Waals surface area (Å²) in [6, 6.07) is 0. The van der Waals surface area contributed by atoms with Crippen LogP contribution in [-0.2, 0) is 9.59 Å². The summed E-state index contributed by atoms with van der Waals surface area (Å²) < 4.78 is 0. The van der Waals surface area contributed by atoms with Crippen molar-refractivity contribution in [3.63, 3.8) is 0 Å². The van der Waals surface area contributed by atoms with Gasteiger partial charge in [-0.25, -0.2) is 0 Å². The molecular formula is C8H12O2. The molecule has 0 aliphatic heterocycles. The molecule has 2 nitrogen and oxygen atoms in total. The maximum atomic E-state index is 10.1. The number of carbonyl (C=O) groups excluding carboxylic acids is 2. The first-order valence-corrected chi connectivity index (χ1v) is 3.28. The fraction of sp³-hybridized carbons (Fsp3) is 0.500. The molecule has 0 aromatic heterocycles. The van der Waals surface area contributed by atoms with Crippen LogP contribution in [0, 0.1) is 5.92 Å². The molecule has 0 aliphatic carbocycles. The topological polar surface area (TPSA) is 34.1 Å². The molecule has 0 fully saturated rings. The Balaban J connectivity index is 3.70. The van der Waals surface area contributed by atoms with Crippen molar-refractivity contribution in [3.8, 4) is 0 Å². The fourth-order valence-electron chi connectivity index (χ4n) is 0.475. The second-order valence-corrected chi connectivity index (χ2v) is 2.42. The summed E-state index contributed by atoms with van der Waals surface area (Å²) in [5.74, 6) is 0.0231. The predicted molar refractivity (Wildman–Crippen MR) is 39.7 cm³/mol. The highest BCUT2D eigenvalue weighted by atomic mass is 16.1. The molecule has 0 aliphatic rings. The van der Waals surface area contributed by atoms with Gasteiger partial charge in [0.05, 0.1) is 0 Å². The van der Waals surface area contributed by atoms with Crippen LogP contribution in [0.2, 0.25) is 0 Å². The van der Waals surface area contributed by atoms with Gasteiger partial charge in [-0.3, -0.25) is 4.79 Å². The highest BCUT2D eigenvalue weighted by Crippen LogP contribution is 2.00. The van der Waals surface area contributed by atoms with Crippen molar-refractivity contribution in [1.82, 2.24) is 0 Å². The van der Waals surface area contributed by atoms with Crippen LogP contribution < -0.4 is 0 Å². The quantitative estimate of drug-likeness (QED) is 0.436. The van der Waals surface area contributed by atoms with Crippen molar-refractivity contribution < 1.29 is 9.59 Å². The average Bonchev–Trinajstić information content (AvgIpc) is 1.99. The molecule has 0 aromatic rings. The average molecular weight is 140 g/mol. The van der Waals surface area contributed by atoms with E-state index in [9.17, 15) is 9.59 Å². The van der Waals surface area contributed by atoms with Crippen LogP contribution in [0.5, 0.6) is 0 Å². The highest BCUT2D eigenvalue weighted by Gasteiger charge is 1.95. The van der Waals surface area contributed by atoms with E-state index in [1.807, 2.05) is 6.92 Å². The molecule has 1 atom stereocenters. The zero-order valence-corrected chi connectivity index (χ0v) is 6.33. The monoisotopic (exact) mass is 140 g/mol. The number of hydrogen-bond donors (Lipinski definition) is 0. The Morgan fingerprint density at radius 3 is 2.50 bits per heavy atom. The maximum absolute atomic E-state index is 10.1. The minimum absolute atomic E-state index is 0.0231. The normalized spacial score (nSPS) is 14.4. The van der Waals surface area contributed by atoms with Gasteiger partial charge in [0, 0.05) is 5.92 Å². The van der Waals surface area contributed by atoms with E-state index < -0.39 is 0 Å². The van der Waals surface area contributed by atoms with E-state index in [1.54, 1.807) is 13.0 Å². The Labute approximate surface area is 60.9 Å². The molecule has 0 radical (unpaired) electrons. The predicted octanol–water partition coefficient (Wildman–Crippen LogP) is 1.36. The third kappa shape index (κ3) is 4.01. The lowest BCUT2D eigenvalue weighted by Gasteiger charge is -1.95. The summed E-state index contributed by atoms with van der Waals surface area (Å²) in [5, 5.41) is 0. The molecule has 1 unspecified atom stereocenters. The Kier molecular flexibility index (Phi) is 4.46. The fourth-order valence-corrected chi connectivity index (χ4v) is 0.475. The van der Waals surface area contributed by atoms with Crippen molar-refractivity contribution >= 4 is 12.6 Å². The van der Waals surface area contributed by atoms with E-state index in [1.165, 1.54) is 0 Å². The Hall–Kier alpha value is -0.920. The van der Waals surface area contributed by atoms with Gasteiger partial charge in [0.25, 0.3) is 0 Å². The van der Waals surface area contributed by atoms with E-state index >= 15 is 0 Å². The van der Waals surface area contributed by atoms with Crippen LogP contribution in [0.25, 0.3) is 0 Å². The first kappa shape index (κ1) is 9.08. The summed E-state index contributed by atoms with van der Waals surface area (Å²) >= 11 is 0. The molecule has 0 rings (SSSR count). The zero-order chi connectivity index (χ0) is 7.98. The van der Waals surface area contributed by atoms with Gasteiger partial charge in [-0.1, -0.05) is 13.0 Å². The Bertz CT molecular complexity index is 147. The van der Waals surface area contributed by atoms with Crippen LogP contribution in [0.1, 0.15) is 20.3 Å². The molecule has 0 saturated heterocycles. The summed E-state index contributed by atoms with van der Waals surface area (Å²) in [7, 11) is 0. The number of aldehydes is 2. The highest BCUT2D eigenvalue weighted by molar-refractivity contribution is 5.72. The molecule has 0 heterocycles. The largest absolute Gasteiger partial charge is 0.303 e. The molecule has 0 bridgehead atoms. The Morgan fingerprint density at radius 1 is 1.50 bits per heavy atom. The van der Waals surface area contributed by atoms with Gasteiger partial charge in [-0.15, -0.1) is 0 Å². The molecule has 2 heteroatoms. The molecule has 0 N–H and O–H groups in total. The molecule has 0 saturated carbocycles. The van der Waals surface area contributed by atoms with Gasteiger partial charge in [-0.05, 0) is 18.9 Å². The van der Waals surface area contributed by atoms with Crippen LogP contribution in [0.4, 0.5) is 0 Å². The van der Waals surface area contributed by atoms with E-state index in [2.05, 4.69) is 0 Å². The van der Waals surface area contributed by atoms with Gasteiger partial charge in [0.1, 0.15) is 12.6 Å². The molecular weight excluding hydrogens is 128 g/mol. The van der Waals surface area contributed by atoms with Gasteiger partial charge >= 0.3 is 0 Å². The second-order valence-electron chi connectivity index (χ2n) is 2.42. The molecule has 0 spiro atoms. The third-order valence-corrected chi connectivity index (χ3v) is 1.23. The van der Waals surface area contributed by atoms with E-state index in [-0.39, 0.29) is 5.92 Å². The van der Waals surface area contributed by atoms with Crippen LogP contribution in [0.3, 0.4) is 0 Å². The number of hydrogen-bond acceptors (Lipinski definition) is 2. The van der Waals surface area contributed by atoms with Crippen molar-refractivity contribution in [2.75, 3.05) is 0 Å². The summed E-state index contributed by atoms with van der Waals surface area (Å²) in [6.45, 7) is 3.55. The first-order chi connectivity index (χ1) is 4.70. The molecule has 10 heavy (non-hydrogen) atoms. The lowest BCUT2D eigenvalue weighted by atomic mass is 10.1. The van der Waals surface area contributed by atoms with Gasteiger partial charge < -0.3 is 4.79 Å². The van der Waals surface area contributed by atoms with Crippen molar-refractivity contribution in [2.24, 2.45) is 5.92 Å². The van der Waals surface area contributed by atoms with Crippen LogP contribution >= 0.6 is 0 Å². The van der Waals surface area contributed by atoms with Gasteiger partial charge in [0.2, 0.25) is 0 Å². The lowest BCUT2D eigenvalue weighted by Crippen LogP contribution is -1.93. The third-order valence-electron chi connectivity index (χ3n) is 1.23. The van der Waals surface area contributed by atoms with Gasteiger partial charge in [0.15, 0.2) is 0 Å². The number of allylic oxidation sites excluding steroid dienone is 2. The molecule has 56 valence electrons. The van der Waals surface area contributed by atoms with Gasteiger partial charge in [-0.2, -0.15) is 0 Å². The Morgan fingerprint density at radius 2 is 2.10 bits per heavy atom. The van der Waals surface area contributed by atoms with Crippen LogP contribution in [-0.4, -0.2) is 12.6 Å². The second kappa shape index (κ2) is 4.91. The van der Waals surface area contributed by atoms with Crippen molar-refractivity contribution in [3.05, 3.63) is 11.6 Å². The maximum Gasteiger partial charge on any atom is 0.145 e. The summed E-state index contributed by atoms with van der Waals surface area (Å²) in [5.41, 5.74) is 0.689. The van der Waals surface area contributed by atoms with Crippen molar-refractivity contribution in [2.45, 2.75) is 20.3 Å². The summed E-state index contributed by atoms with van der Waals surface area (Å²) in [4.78, 5) is 20.1. The van der Waals surface area contributed by atoms with Crippen molar-refractivity contribution in [1.29, 1.82) is 0 Å². The van der Waals surface area contributed by atoms with E-state index in [0.717, 1.165) is 12.6 Å². The van der Waals surface area contributed by atoms with Crippen LogP contribution in [0.15, 0.2) is 11.6 Å². The number of rotatable bonds is 4. The minimum atomic E-state index is 0.0231. The lowest BCUT2D eigenvalue weighted by molar-refractivity contribution is -0.110. The summed E-state index contributed by atoms with van der Waals surface area (Å²) in [6.07, 6.45) is 4.10. The minimum Gasteiger partial charge on any atom is -0.303 e. The zero-order valence-electron chi connectivity index (χ0n) is 6.33. The molecule has 0 amide bonds. The van der Waals surface area contributed by atoms with E-state index in [0.29, 0.717) is 12.0 Å². The SMILES string of the molecule is C/C(C=O)=C\CC(C)C=O. The smallest absolute Gasteiger partial charge is 0.145 e. The first-order valence-electron chi connectivity index (χ1n) is 3.28. The van der Waals surface area contributed by atoms with E-state index in [4.69, 9.17) is 0 Å². The number of carbonyl (C=O) groups is 2. The standard InChI is InChI=1S/C8H12O2/c1-7(5-9)3-4-8(2)6-10/h3,5-6,8H,4H2,1-2H3/b7-3+.